The van der Waals surface area contributed by atoms with E-state index in [1.54, 1.807) is 0 Å². The minimum atomic E-state index is -2.24. The number of aromatic nitrogens is 2. The Labute approximate surface area is 107 Å². The zero-order valence-electron chi connectivity index (χ0n) is 10.4. The molecule has 2 unspecified atom stereocenters. The molecule has 98 valence electrons. The molecule has 1 heterocycles. The Balaban J connectivity index is 2.81. The third-order valence-electron chi connectivity index (χ3n) is 2.20. The Morgan fingerprint density at radius 2 is 2.24 bits per heavy atom. The van der Waals surface area contributed by atoms with E-state index in [2.05, 4.69) is 22.8 Å². The van der Waals surface area contributed by atoms with E-state index in [4.69, 9.17) is 9.36 Å². The normalized spacial score (nSPS) is 15.5. The first kappa shape index (κ1) is 14.7. The smallest absolute Gasteiger partial charge is 0.248 e. The van der Waals surface area contributed by atoms with Crippen molar-refractivity contribution in [3.8, 4) is 0 Å². The predicted molar refractivity (Wildman–Crippen MR) is 68.5 cm³/mol. The van der Waals surface area contributed by atoms with Gasteiger partial charge in [-0.25, -0.2) is 0 Å². The van der Waals surface area contributed by atoms with Crippen molar-refractivity contribution in [1.82, 2.24) is 15.0 Å². The molecule has 8 heteroatoms. The van der Waals surface area contributed by atoms with Gasteiger partial charge in [-0.2, -0.15) is 17.6 Å². The van der Waals surface area contributed by atoms with Crippen LogP contribution >= 0.6 is 20.6 Å². The van der Waals surface area contributed by atoms with Crippen LogP contribution in [0.25, 0.3) is 0 Å². The summed E-state index contributed by atoms with van der Waals surface area (Å²) in [5, 5.41) is 3.81. The highest BCUT2D eigenvalue weighted by Gasteiger charge is 2.26. The lowest BCUT2D eigenvalue weighted by Crippen LogP contribution is -2.14. The molecule has 0 radical (unpaired) electrons. The summed E-state index contributed by atoms with van der Waals surface area (Å²) in [4.78, 5) is 9.92. The Bertz CT molecular complexity index is 381. The summed E-state index contributed by atoms with van der Waals surface area (Å²) in [7, 11) is -0.771. The van der Waals surface area contributed by atoms with E-state index >= 15 is 0 Å². The van der Waals surface area contributed by atoms with Gasteiger partial charge in [0.25, 0.3) is 0 Å². The van der Waals surface area contributed by atoms with Crippen LogP contribution in [0.15, 0.2) is 4.52 Å². The van der Waals surface area contributed by atoms with Gasteiger partial charge in [0.05, 0.1) is 7.11 Å². The molecule has 0 saturated heterocycles. The van der Waals surface area contributed by atoms with E-state index in [-0.39, 0.29) is 11.8 Å². The highest BCUT2D eigenvalue weighted by molar-refractivity contribution is 7.87. The van der Waals surface area contributed by atoms with Crippen LogP contribution in [0.5, 0.6) is 0 Å². The Morgan fingerprint density at radius 3 is 2.65 bits per heavy atom. The van der Waals surface area contributed by atoms with Gasteiger partial charge in [0, 0.05) is 12.5 Å². The van der Waals surface area contributed by atoms with Crippen LogP contribution in [0.1, 0.15) is 43.4 Å². The quantitative estimate of drug-likeness (QED) is 0.490. The maximum Gasteiger partial charge on any atom is 0.248 e. The number of nitrogens with zero attached hydrogens (tertiary/aromatic N) is 3. The van der Waals surface area contributed by atoms with Crippen molar-refractivity contribution in [2.24, 2.45) is 0 Å². The maximum atomic E-state index is 12.1. The van der Waals surface area contributed by atoms with Gasteiger partial charge in [-0.3, -0.25) is 4.84 Å². The van der Waals surface area contributed by atoms with Gasteiger partial charge < -0.3 is 9.09 Å². The molecule has 0 aliphatic rings. The average Bonchev–Trinajstić information content (AvgIpc) is 2.78. The summed E-state index contributed by atoms with van der Waals surface area (Å²) < 4.78 is 17.1. The fourth-order valence-electron chi connectivity index (χ4n) is 1.21. The average molecular weight is 279 g/mol. The fraction of sp³-hybridized carbons (Fsp3) is 0.778. The van der Waals surface area contributed by atoms with E-state index < -0.39 is 12.9 Å². The zero-order chi connectivity index (χ0) is 13.0. The van der Waals surface area contributed by atoms with Crippen LogP contribution in [-0.2, 0) is 9.40 Å². The third-order valence-corrected chi connectivity index (χ3v) is 4.78. The van der Waals surface area contributed by atoms with Crippen molar-refractivity contribution in [3.05, 3.63) is 11.7 Å². The van der Waals surface area contributed by atoms with Gasteiger partial charge >= 0.3 is 0 Å². The molecule has 17 heavy (non-hydrogen) atoms. The van der Waals surface area contributed by atoms with Crippen molar-refractivity contribution in [1.29, 1.82) is 0 Å². The second-order valence-electron chi connectivity index (χ2n) is 3.76. The molecular weight excluding hydrogens is 261 g/mol. The lowest BCUT2D eigenvalue weighted by atomic mass is 10.2. The van der Waals surface area contributed by atoms with Crippen molar-refractivity contribution in [3.63, 3.8) is 0 Å². The molecule has 0 aromatic carbocycles. The van der Waals surface area contributed by atoms with Gasteiger partial charge in [-0.1, -0.05) is 19.0 Å². The van der Waals surface area contributed by atoms with Crippen LogP contribution in [0, 0.1) is 0 Å². The first-order valence-corrected chi connectivity index (χ1v) is 7.33. The van der Waals surface area contributed by atoms with Gasteiger partial charge in [0.1, 0.15) is 4.99 Å². The minimum Gasteiger partial charge on any atom is -0.338 e. The standard InChI is InChI=1S/C9H18N3O3PS/c1-5-12(14-4)16(13)9(17)8-10-7(6(2)3)11-15-8/h6,9,16-17H,5H2,1-4H3. The summed E-state index contributed by atoms with van der Waals surface area (Å²) in [6, 6.07) is 0. The van der Waals surface area contributed by atoms with Crippen LogP contribution in [-0.4, -0.2) is 28.6 Å². The lowest BCUT2D eigenvalue weighted by Gasteiger charge is -2.18. The maximum absolute atomic E-state index is 12.1. The Kier molecular flexibility index (Phi) is 5.66. The predicted octanol–water partition coefficient (Wildman–Crippen LogP) is 2.48. The molecular formula is C9H18N3O3PS. The molecule has 6 nitrogen and oxygen atoms in total. The molecule has 2 atom stereocenters. The number of rotatable bonds is 6. The SMILES string of the molecule is CCN(OC)[PH](=O)C(S)c1nc(C(C)C)no1. The summed E-state index contributed by atoms with van der Waals surface area (Å²) in [6.45, 7) is 6.27. The minimum absolute atomic E-state index is 0.167. The van der Waals surface area contributed by atoms with Gasteiger partial charge in [-0.15, -0.1) is 4.83 Å². The second kappa shape index (κ2) is 6.54. The first-order valence-electron chi connectivity index (χ1n) is 5.38. The number of hydrogen-bond acceptors (Lipinski definition) is 6. The lowest BCUT2D eigenvalue weighted by molar-refractivity contribution is -0.0438. The van der Waals surface area contributed by atoms with Crippen LogP contribution < -0.4 is 0 Å². The van der Waals surface area contributed by atoms with Crippen molar-refractivity contribution >= 4 is 20.6 Å². The van der Waals surface area contributed by atoms with Gasteiger partial charge in [0.15, 0.2) is 13.8 Å². The monoisotopic (exact) mass is 279 g/mol. The van der Waals surface area contributed by atoms with Crippen molar-refractivity contribution in [2.75, 3.05) is 13.7 Å². The number of hydroxylamine groups is 1. The number of hydrogen-bond donors (Lipinski definition) is 1. The molecule has 0 saturated carbocycles. The summed E-state index contributed by atoms with van der Waals surface area (Å²) in [6.07, 6.45) is 0. The largest absolute Gasteiger partial charge is 0.338 e. The molecule has 1 aromatic heterocycles. The van der Waals surface area contributed by atoms with E-state index in [0.29, 0.717) is 12.4 Å². The molecule has 0 aliphatic carbocycles. The Morgan fingerprint density at radius 1 is 1.59 bits per heavy atom. The van der Waals surface area contributed by atoms with E-state index in [1.807, 2.05) is 20.8 Å². The van der Waals surface area contributed by atoms with Gasteiger partial charge in [-0.05, 0) is 6.92 Å². The van der Waals surface area contributed by atoms with E-state index in [9.17, 15) is 4.57 Å². The van der Waals surface area contributed by atoms with Crippen LogP contribution in [0.2, 0.25) is 0 Å². The Hall–Kier alpha value is -0.360. The second-order valence-corrected chi connectivity index (χ2v) is 6.52. The molecule has 0 spiro atoms. The molecule has 1 aromatic rings. The van der Waals surface area contributed by atoms with Crippen LogP contribution in [0.4, 0.5) is 0 Å². The highest BCUT2D eigenvalue weighted by atomic mass is 32.1. The topological polar surface area (TPSA) is 68.5 Å². The molecule has 0 fully saturated rings. The summed E-state index contributed by atoms with van der Waals surface area (Å²) in [5.74, 6) is 1.03. The zero-order valence-corrected chi connectivity index (χ0v) is 12.3. The van der Waals surface area contributed by atoms with E-state index in [1.165, 1.54) is 11.9 Å². The van der Waals surface area contributed by atoms with E-state index in [0.717, 1.165) is 0 Å². The van der Waals surface area contributed by atoms with Crippen molar-refractivity contribution < 1.29 is 13.9 Å². The molecule has 0 bridgehead atoms. The fourth-order valence-corrected chi connectivity index (χ4v) is 2.79. The summed E-state index contributed by atoms with van der Waals surface area (Å²) >= 11 is 4.26. The first-order chi connectivity index (χ1) is 8.01. The molecule has 1 rings (SSSR count). The third kappa shape index (κ3) is 3.55. The molecule has 0 aliphatic heterocycles. The number of thiol groups is 1. The molecule has 0 N–H and O–H groups in total. The highest BCUT2D eigenvalue weighted by Crippen LogP contribution is 2.46. The van der Waals surface area contributed by atoms with Crippen molar-refractivity contribution in [2.45, 2.75) is 31.7 Å². The van der Waals surface area contributed by atoms with Crippen LogP contribution in [0.3, 0.4) is 0 Å². The van der Waals surface area contributed by atoms with Gasteiger partial charge in [0.2, 0.25) is 5.89 Å². The molecule has 0 amide bonds. The summed E-state index contributed by atoms with van der Waals surface area (Å²) in [5.41, 5.74) is 0.